The molecular formula is C17H22. The molecule has 0 aliphatic carbocycles. The van der Waals surface area contributed by atoms with Gasteiger partial charge < -0.3 is 0 Å². The minimum Gasteiger partial charge on any atom is -0.0985 e. The van der Waals surface area contributed by atoms with Gasteiger partial charge in [-0.1, -0.05) is 54.6 Å². The van der Waals surface area contributed by atoms with Crippen LogP contribution in [-0.2, 0) is 6.42 Å². The zero-order valence-electron chi connectivity index (χ0n) is 11.2. The van der Waals surface area contributed by atoms with E-state index < -0.39 is 0 Å². The lowest BCUT2D eigenvalue weighted by Gasteiger charge is -2.06. The summed E-state index contributed by atoms with van der Waals surface area (Å²) >= 11 is 0. The van der Waals surface area contributed by atoms with Crippen molar-refractivity contribution in [3.05, 3.63) is 65.8 Å². The molecule has 0 aliphatic rings. The highest BCUT2D eigenvalue weighted by atomic mass is 14.0. The van der Waals surface area contributed by atoms with Gasteiger partial charge in [0.05, 0.1) is 0 Å². The predicted octanol–water partition coefficient (Wildman–Crippen LogP) is 5.17. The van der Waals surface area contributed by atoms with Crippen molar-refractivity contribution in [2.45, 2.75) is 33.6 Å². The number of rotatable bonds is 5. The first-order valence-corrected chi connectivity index (χ1v) is 6.19. The molecule has 0 saturated heterocycles. The van der Waals surface area contributed by atoms with Crippen LogP contribution in [0.3, 0.4) is 0 Å². The molecule has 0 bridgehead atoms. The summed E-state index contributed by atoms with van der Waals surface area (Å²) in [6.07, 6.45) is 8.48. The molecule has 0 aromatic heterocycles. The second kappa shape index (κ2) is 6.90. The molecular weight excluding hydrogens is 204 g/mol. The first kappa shape index (κ1) is 13.5. The van der Waals surface area contributed by atoms with Gasteiger partial charge in [-0.15, -0.1) is 0 Å². The maximum atomic E-state index is 3.87. The molecule has 0 heterocycles. The van der Waals surface area contributed by atoms with Gasteiger partial charge in [0.2, 0.25) is 0 Å². The Morgan fingerprint density at radius 1 is 1.18 bits per heavy atom. The van der Waals surface area contributed by atoms with Crippen molar-refractivity contribution in [1.29, 1.82) is 0 Å². The maximum absolute atomic E-state index is 3.87. The topological polar surface area (TPSA) is 0 Å². The normalized spacial score (nSPS) is 10.5. The van der Waals surface area contributed by atoms with Crippen molar-refractivity contribution < 1.29 is 0 Å². The molecule has 0 fully saturated rings. The van der Waals surface area contributed by atoms with Gasteiger partial charge in [-0.25, -0.2) is 0 Å². The first-order valence-electron chi connectivity index (χ1n) is 6.19. The van der Waals surface area contributed by atoms with Crippen LogP contribution in [0.4, 0.5) is 0 Å². The molecule has 90 valence electrons. The zero-order chi connectivity index (χ0) is 12.7. The summed E-state index contributed by atoms with van der Waals surface area (Å²) in [5.74, 6) is 0. The van der Waals surface area contributed by atoms with E-state index in [-0.39, 0.29) is 0 Å². The first-order chi connectivity index (χ1) is 8.19. The molecule has 0 heteroatoms. The Balaban J connectivity index is 2.81. The second-order valence-corrected chi connectivity index (χ2v) is 4.42. The van der Waals surface area contributed by atoms with Crippen molar-refractivity contribution in [2.75, 3.05) is 0 Å². The summed E-state index contributed by atoms with van der Waals surface area (Å²) in [5.41, 5.74) is 5.20. The summed E-state index contributed by atoms with van der Waals surface area (Å²) in [7, 11) is 0. The Hall–Kier alpha value is -1.56. The van der Waals surface area contributed by atoms with Gasteiger partial charge in [-0.3, -0.25) is 0 Å². The lowest BCUT2D eigenvalue weighted by atomic mass is 9.99. The maximum Gasteiger partial charge on any atom is -0.0185 e. The van der Waals surface area contributed by atoms with Gasteiger partial charge in [0.1, 0.15) is 0 Å². The number of allylic oxidation sites excluding steroid dienone is 5. The van der Waals surface area contributed by atoms with Crippen molar-refractivity contribution in [3.63, 3.8) is 0 Å². The summed E-state index contributed by atoms with van der Waals surface area (Å²) in [6.45, 7) is 10.2. The molecule has 17 heavy (non-hydrogen) atoms. The minimum atomic E-state index is 1.11. The molecule has 1 rings (SSSR count). The number of benzene rings is 1. The largest absolute Gasteiger partial charge is 0.0985 e. The Labute approximate surface area is 105 Å². The summed E-state index contributed by atoms with van der Waals surface area (Å²) in [5, 5.41) is 0. The van der Waals surface area contributed by atoms with E-state index in [0.29, 0.717) is 0 Å². The second-order valence-electron chi connectivity index (χ2n) is 4.42. The number of hydrogen-bond acceptors (Lipinski definition) is 0. The summed E-state index contributed by atoms with van der Waals surface area (Å²) in [6, 6.07) is 8.81. The van der Waals surface area contributed by atoms with E-state index in [9.17, 15) is 0 Å². The highest BCUT2D eigenvalue weighted by Gasteiger charge is 1.99. The molecule has 0 atom stereocenters. The molecule has 0 radical (unpaired) electrons. The van der Waals surface area contributed by atoms with Crippen LogP contribution in [0, 0.1) is 0 Å². The molecule has 1 aromatic carbocycles. The fourth-order valence-corrected chi connectivity index (χ4v) is 1.88. The van der Waals surface area contributed by atoms with Gasteiger partial charge in [0.25, 0.3) is 0 Å². The van der Waals surface area contributed by atoms with Gasteiger partial charge in [-0.05, 0) is 50.3 Å². The lowest BCUT2D eigenvalue weighted by molar-refractivity contribution is 0.999. The van der Waals surface area contributed by atoms with Crippen LogP contribution in [0.2, 0.25) is 0 Å². The molecule has 0 spiro atoms. The van der Waals surface area contributed by atoms with Crippen LogP contribution in [0.5, 0.6) is 0 Å². The van der Waals surface area contributed by atoms with E-state index in [1.54, 1.807) is 0 Å². The lowest BCUT2D eigenvalue weighted by Crippen LogP contribution is -1.87. The van der Waals surface area contributed by atoms with Crippen molar-refractivity contribution in [2.24, 2.45) is 0 Å². The van der Waals surface area contributed by atoms with E-state index in [0.717, 1.165) is 12.8 Å². The van der Waals surface area contributed by atoms with E-state index in [4.69, 9.17) is 0 Å². The van der Waals surface area contributed by atoms with Crippen LogP contribution in [-0.4, -0.2) is 0 Å². The van der Waals surface area contributed by atoms with E-state index in [1.807, 2.05) is 6.08 Å². The number of hydrogen-bond donors (Lipinski definition) is 0. The monoisotopic (exact) mass is 226 g/mol. The Kier molecular flexibility index (Phi) is 5.48. The number of aryl methyl sites for hydroxylation is 1. The Bertz CT molecular complexity index is 412. The molecule has 0 amide bonds. The molecule has 0 nitrogen and oxygen atoms in total. The standard InChI is InChI=1S/C17H22/c1-5-7-8-9-15-10-12-16(13-11-15)17(6-2)14(3)4/h5-7,10-13H,2,8-9H2,1,3-4H3/b7-5+. The van der Waals surface area contributed by atoms with Crippen LogP contribution in [0.1, 0.15) is 38.3 Å². The van der Waals surface area contributed by atoms with Gasteiger partial charge >= 0.3 is 0 Å². The molecule has 0 N–H and O–H groups in total. The summed E-state index contributed by atoms with van der Waals surface area (Å²) in [4.78, 5) is 0. The fraction of sp³-hybridized carbons (Fsp3) is 0.294. The average Bonchev–Trinajstić information content (AvgIpc) is 2.32. The third kappa shape index (κ3) is 4.07. The van der Waals surface area contributed by atoms with Gasteiger partial charge in [0, 0.05) is 0 Å². The van der Waals surface area contributed by atoms with Crippen molar-refractivity contribution in [3.8, 4) is 0 Å². The van der Waals surface area contributed by atoms with Crippen LogP contribution >= 0.6 is 0 Å². The van der Waals surface area contributed by atoms with Crippen molar-refractivity contribution in [1.82, 2.24) is 0 Å². The Morgan fingerprint density at radius 2 is 1.82 bits per heavy atom. The average molecular weight is 226 g/mol. The predicted molar refractivity (Wildman–Crippen MR) is 78.0 cm³/mol. The molecule has 0 aliphatic heterocycles. The smallest absolute Gasteiger partial charge is 0.0185 e. The molecule has 0 saturated carbocycles. The Morgan fingerprint density at radius 3 is 2.29 bits per heavy atom. The van der Waals surface area contributed by atoms with Crippen molar-refractivity contribution >= 4 is 5.57 Å². The minimum absolute atomic E-state index is 1.11. The third-order valence-electron chi connectivity index (χ3n) is 2.84. The highest BCUT2D eigenvalue weighted by molar-refractivity contribution is 5.75. The third-order valence-corrected chi connectivity index (χ3v) is 2.84. The fourth-order valence-electron chi connectivity index (χ4n) is 1.88. The summed E-state index contributed by atoms with van der Waals surface area (Å²) < 4.78 is 0. The highest BCUT2D eigenvalue weighted by Crippen LogP contribution is 2.20. The molecule has 1 aromatic rings. The van der Waals surface area contributed by atoms with E-state index >= 15 is 0 Å². The van der Waals surface area contributed by atoms with Crippen LogP contribution in [0.15, 0.2) is 54.6 Å². The van der Waals surface area contributed by atoms with Crippen LogP contribution in [0.25, 0.3) is 5.57 Å². The zero-order valence-corrected chi connectivity index (χ0v) is 11.2. The van der Waals surface area contributed by atoms with E-state index in [2.05, 4.69) is 63.8 Å². The van der Waals surface area contributed by atoms with Gasteiger partial charge in [-0.2, -0.15) is 0 Å². The van der Waals surface area contributed by atoms with Crippen LogP contribution < -0.4 is 0 Å². The van der Waals surface area contributed by atoms with E-state index in [1.165, 1.54) is 22.3 Å². The van der Waals surface area contributed by atoms with Gasteiger partial charge in [0.15, 0.2) is 0 Å². The SMILES string of the molecule is C=CC(=C(C)C)c1ccc(CC/C=C/C)cc1. The molecule has 0 unspecified atom stereocenters. The quantitative estimate of drug-likeness (QED) is 0.479.